The molecule has 0 saturated carbocycles. The summed E-state index contributed by atoms with van der Waals surface area (Å²) in [6.45, 7) is 0. The molecular weight excluding hydrogens is 376 g/mol. The highest BCUT2D eigenvalue weighted by Gasteiger charge is 2.13. The maximum atomic E-state index is 5.58. The molecule has 0 amide bonds. The third kappa shape index (κ3) is 4.32. The standard InChI is InChI=1S/C18H16.C12H10O/c1-3-7-15-13(5-1)9-11-18-16-8-4-2-6-14(16)10-12-17(15)18;1-3-7-11(8-4-1)13-12-9-5-2-6-10-12/h1,3,5,7,9-12H,2,4,6,8H2;1-10H. The number of rotatable bonds is 2. The smallest absolute Gasteiger partial charge is 0.127 e. The summed E-state index contributed by atoms with van der Waals surface area (Å²) in [5.41, 5.74) is 3.17. The van der Waals surface area contributed by atoms with E-state index in [2.05, 4.69) is 48.5 Å². The third-order valence-electron chi connectivity index (χ3n) is 5.98. The zero-order chi connectivity index (χ0) is 20.9. The van der Waals surface area contributed by atoms with E-state index in [-0.39, 0.29) is 0 Å². The van der Waals surface area contributed by atoms with Gasteiger partial charge in [0.2, 0.25) is 0 Å². The van der Waals surface area contributed by atoms with Gasteiger partial charge in [0.25, 0.3) is 0 Å². The fourth-order valence-corrected chi connectivity index (χ4v) is 4.46. The van der Waals surface area contributed by atoms with Crippen LogP contribution in [0.4, 0.5) is 0 Å². The van der Waals surface area contributed by atoms with Gasteiger partial charge >= 0.3 is 0 Å². The van der Waals surface area contributed by atoms with Crippen LogP contribution in [0, 0.1) is 0 Å². The Kier molecular flexibility index (Phi) is 5.66. The quantitative estimate of drug-likeness (QED) is 0.270. The fourth-order valence-electron chi connectivity index (χ4n) is 4.46. The van der Waals surface area contributed by atoms with Crippen molar-refractivity contribution in [1.29, 1.82) is 0 Å². The first kappa shape index (κ1) is 19.4. The van der Waals surface area contributed by atoms with Gasteiger partial charge in [-0.25, -0.2) is 0 Å². The van der Waals surface area contributed by atoms with Crippen LogP contribution in [0.15, 0.2) is 109 Å². The lowest BCUT2D eigenvalue weighted by Gasteiger charge is -2.18. The summed E-state index contributed by atoms with van der Waals surface area (Å²) in [7, 11) is 0. The van der Waals surface area contributed by atoms with Gasteiger partial charge in [0, 0.05) is 0 Å². The maximum Gasteiger partial charge on any atom is 0.127 e. The lowest BCUT2D eigenvalue weighted by atomic mass is 9.86. The summed E-state index contributed by atoms with van der Waals surface area (Å²) in [6.07, 6.45) is 5.22. The molecule has 0 fully saturated rings. The van der Waals surface area contributed by atoms with Crippen LogP contribution in [0.5, 0.6) is 11.5 Å². The van der Waals surface area contributed by atoms with Crippen LogP contribution in [0.2, 0.25) is 0 Å². The number of hydrogen-bond donors (Lipinski definition) is 0. The monoisotopic (exact) mass is 402 g/mol. The Morgan fingerprint density at radius 2 is 1.06 bits per heavy atom. The Morgan fingerprint density at radius 3 is 1.81 bits per heavy atom. The molecular formula is C30H26O. The van der Waals surface area contributed by atoms with Gasteiger partial charge in [-0.1, -0.05) is 84.9 Å². The van der Waals surface area contributed by atoms with Crippen molar-refractivity contribution in [2.45, 2.75) is 25.7 Å². The van der Waals surface area contributed by atoms with Crippen molar-refractivity contribution in [3.8, 4) is 11.5 Å². The van der Waals surface area contributed by atoms with Crippen molar-refractivity contribution in [3.63, 3.8) is 0 Å². The summed E-state index contributed by atoms with van der Waals surface area (Å²) < 4.78 is 5.58. The van der Waals surface area contributed by atoms with Gasteiger partial charge in [-0.15, -0.1) is 0 Å². The molecule has 0 aliphatic heterocycles. The number of ether oxygens (including phenoxy) is 1. The SMILES string of the molecule is c1ccc(Oc2ccccc2)cc1.c1ccc2c(c1)ccc1c3c(ccc12)CCCC3. The molecule has 152 valence electrons. The van der Waals surface area contributed by atoms with Crippen molar-refractivity contribution < 1.29 is 4.74 Å². The molecule has 0 heterocycles. The zero-order valence-corrected chi connectivity index (χ0v) is 17.6. The second-order valence-electron chi connectivity index (χ2n) is 8.02. The van der Waals surface area contributed by atoms with Crippen LogP contribution in [-0.4, -0.2) is 0 Å². The first-order valence-electron chi connectivity index (χ1n) is 11.1. The lowest BCUT2D eigenvalue weighted by Crippen LogP contribution is -2.02. The number of para-hydroxylation sites is 2. The van der Waals surface area contributed by atoms with E-state index in [4.69, 9.17) is 4.74 Å². The van der Waals surface area contributed by atoms with E-state index in [1.54, 1.807) is 11.1 Å². The van der Waals surface area contributed by atoms with Gasteiger partial charge in [0.1, 0.15) is 11.5 Å². The molecule has 31 heavy (non-hydrogen) atoms. The Balaban J connectivity index is 0.000000140. The molecule has 0 bridgehead atoms. The third-order valence-corrected chi connectivity index (χ3v) is 5.98. The molecule has 1 nitrogen and oxygen atoms in total. The van der Waals surface area contributed by atoms with Gasteiger partial charge in [-0.2, -0.15) is 0 Å². The minimum Gasteiger partial charge on any atom is -0.457 e. The van der Waals surface area contributed by atoms with Crippen LogP contribution >= 0.6 is 0 Å². The van der Waals surface area contributed by atoms with Crippen LogP contribution in [0.1, 0.15) is 24.0 Å². The Bertz CT molecular complexity index is 1250. The first-order chi connectivity index (χ1) is 15.4. The van der Waals surface area contributed by atoms with Crippen molar-refractivity contribution in [1.82, 2.24) is 0 Å². The molecule has 0 radical (unpaired) electrons. The first-order valence-corrected chi connectivity index (χ1v) is 11.1. The van der Waals surface area contributed by atoms with E-state index in [9.17, 15) is 0 Å². The normalized spacial score (nSPS) is 12.6. The van der Waals surface area contributed by atoms with Crippen LogP contribution < -0.4 is 4.74 Å². The van der Waals surface area contributed by atoms with Crippen LogP contribution in [0.25, 0.3) is 21.5 Å². The Morgan fingerprint density at radius 1 is 0.452 bits per heavy atom. The van der Waals surface area contributed by atoms with E-state index in [1.807, 2.05) is 60.7 Å². The number of fused-ring (bicyclic) bond motifs is 5. The predicted molar refractivity (Wildman–Crippen MR) is 131 cm³/mol. The topological polar surface area (TPSA) is 9.23 Å². The van der Waals surface area contributed by atoms with E-state index < -0.39 is 0 Å². The number of hydrogen-bond acceptors (Lipinski definition) is 1. The molecule has 0 aromatic heterocycles. The van der Waals surface area contributed by atoms with Crippen molar-refractivity contribution in [2.24, 2.45) is 0 Å². The molecule has 1 aliphatic rings. The summed E-state index contributed by atoms with van der Waals surface area (Å²) in [5.74, 6) is 1.74. The van der Waals surface area contributed by atoms with Gasteiger partial charge in [-0.05, 0) is 82.6 Å². The summed E-state index contributed by atoms with van der Waals surface area (Å²) in [6, 6.07) is 37.5. The minimum absolute atomic E-state index is 0.869. The highest BCUT2D eigenvalue weighted by Crippen LogP contribution is 2.33. The van der Waals surface area contributed by atoms with E-state index in [1.165, 1.54) is 47.2 Å². The molecule has 0 atom stereocenters. The van der Waals surface area contributed by atoms with E-state index in [0.29, 0.717) is 0 Å². The Labute approximate surface area is 183 Å². The average molecular weight is 403 g/mol. The zero-order valence-electron chi connectivity index (χ0n) is 17.6. The molecule has 0 unspecified atom stereocenters. The average Bonchev–Trinajstić information content (AvgIpc) is 2.85. The molecule has 0 saturated heterocycles. The van der Waals surface area contributed by atoms with Crippen LogP contribution in [-0.2, 0) is 12.8 Å². The number of aryl methyl sites for hydroxylation is 2. The molecule has 5 aromatic carbocycles. The van der Waals surface area contributed by atoms with Crippen molar-refractivity contribution in [3.05, 3.63) is 120 Å². The lowest BCUT2D eigenvalue weighted by molar-refractivity contribution is 0.482. The van der Waals surface area contributed by atoms with Gasteiger partial charge in [-0.3, -0.25) is 0 Å². The Hall–Kier alpha value is -3.58. The highest BCUT2D eigenvalue weighted by atomic mass is 16.5. The second kappa shape index (κ2) is 9.06. The van der Waals surface area contributed by atoms with E-state index in [0.717, 1.165) is 11.5 Å². The van der Waals surface area contributed by atoms with Crippen molar-refractivity contribution in [2.75, 3.05) is 0 Å². The summed E-state index contributed by atoms with van der Waals surface area (Å²) in [4.78, 5) is 0. The molecule has 1 aliphatic carbocycles. The van der Waals surface area contributed by atoms with Crippen LogP contribution in [0.3, 0.4) is 0 Å². The van der Waals surface area contributed by atoms with E-state index >= 15 is 0 Å². The largest absolute Gasteiger partial charge is 0.457 e. The molecule has 0 spiro atoms. The number of benzene rings is 5. The molecule has 0 N–H and O–H groups in total. The van der Waals surface area contributed by atoms with Gasteiger partial charge in [0.15, 0.2) is 0 Å². The maximum absolute atomic E-state index is 5.58. The summed E-state index contributed by atoms with van der Waals surface area (Å²) in [5, 5.41) is 5.64. The molecule has 6 rings (SSSR count). The van der Waals surface area contributed by atoms with Gasteiger partial charge in [0.05, 0.1) is 0 Å². The second-order valence-corrected chi connectivity index (χ2v) is 8.02. The van der Waals surface area contributed by atoms with Crippen molar-refractivity contribution >= 4 is 21.5 Å². The van der Waals surface area contributed by atoms with Gasteiger partial charge < -0.3 is 4.74 Å². The highest BCUT2D eigenvalue weighted by molar-refractivity contribution is 6.08. The summed E-state index contributed by atoms with van der Waals surface area (Å²) >= 11 is 0. The minimum atomic E-state index is 0.869. The fraction of sp³-hybridized carbons (Fsp3) is 0.133. The predicted octanol–water partition coefficient (Wildman–Crippen LogP) is 8.35. The molecule has 5 aromatic rings. The molecule has 1 heteroatoms.